The van der Waals surface area contributed by atoms with Crippen LogP contribution in [-0.4, -0.2) is 15.4 Å². The summed E-state index contributed by atoms with van der Waals surface area (Å²) < 4.78 is 0. The molecule has 0 radical (unpaired) electrons. The SMILES string of the molecule is c1ccc(Cc2nnnc3ccccc23)cc1. The molecule has 1 aromatic heterocycles. The Balaban J connectivity index is 2.06. The predicted molar refractivity (Wildman–Crippen MR) is 66.6 cm³/mol. The number of nitrogens with zero attached hydrogens (tertiary/aromatic N) is 3. The lowest BCUT2D eigenvalue weighted by molar-refractivity contribution is 0.851. The van der Waals surface area contributed by atoms with E-state index in [2.05, 4.69) is 27.5 Å². The molecular formula is C14H11N3. The van der Waals surface area contributed by atoms with Gasteiger partial charge in [-0.1, -0.05) is 48.5 Å². The van der Waals surface area contributed by atoms with Crippen LogP contribution in [0.4, 0.5) is 0 Å². The molecule has 0 bridgehead atoms. The minimum atomic E-state index is 0.789. The Labute approximate surface area is 99.1 Å². The summed E-state index contributed by atoms with van der Waals surface area (Å²) in [6.45, 7) is 0. The van der Waals surface area contributed by atoms with Gasteiger partial charge in [-0.15, -0.1) is 10.2 Å². The first-order valence-corrected chi connectivity index (χ1v) is 5.54. The van der Waals surface area contributed by atoms with Crippen LogP contribution < -0.4 is 0 Å². The molecule has 3 aromatic rings. The Hall–Kier alpha value is -2.29. The molecule has 3 nitrogen and oxygen atoms in total. The van der Waals surface area contributed by atoms with Crippen molar-refractivity contribution in [1.29, 1.82) is 0 Å². The van der Waals surface area contributed by atoms with Gasteiger partial charge in [-0.25, -0.2) is 0 Å². The average molecular weight is 221 g/mol. The van der Waals surface area contributed by atoms with Crippen molar-refractivity contribution in [3.63, 3.8) is 0 Å². The second-order valence-electron chi connectivity index (χ2n) is 3.92. The smallest absolute Gasteiger partial charge is 0.0966 e. The molecule has 0 saturated heterocycles. The summed E-state index contributed by atoms with van der Waals surface area (Å²) in [6.07, 6.45) is 0.789. The fourth-order valence-electron chi connectivity index (χ4n) is 1.90. The minimum absolute atomic E-state index is 0.789. The van der Waals surface area contributed by atoms with E-state index in [1.54, 1.807) is 0 Å². The van der Waals surface area contributed by atoms with Gasteiger partial charge in [-0.3, -0.25) is 0 Å². The van der Waals surface area contributed by atoms with Crippen molar-refractivity contribution in [3.05, 3.63) is 65.9 Å². The number of rotatable bonds is 2. The average Bonchev–Trinajstić information content (AvgIpc) is 2.40. The highest BCUT2D eigenvalue weighted by molar-refractivity contribution is 5.80. The summed E-state index contributed by atoms with van der Waals surface area (Å²) in [5.74, 6) is 0. The Morgan fingerprint density at radius 3 is 2.41 bits per heavy atom. The molecule has 0 aliphatic rings. The van der Waals surface area contributed by atoms with E-state index in [1.807, 2.05) is 42.5 Å². The van der Waals surface area contributed by atoms with Crippen LogP contribution in [0, 0.1) is 0 Å². The summed E-state index contributed by atoms with van der Waals surface area (Å²) in [5.41, 5.74) is 3.10. The molecule has 17 heavy (non-hydrogen) atoms. The number of hydrogen-bond donors (Lipinski definition) is 0. The summed E-state index contributed by atoms with van der Waals surface area (Å²) in [6, 6.07) is 18.2. The van der Waals surface area contributed by atoms with E-state index in [-0.39, 0.29) is 0 Å². The second-order valence-corrected chi connectivity index (χ2v) is 3.92. The van der Waals surface area contributed by atoms with Crippen LogP contribution in [0.1, 0.15) is 11.3 Å². The van der Waals surface area contributed by atoms with Gasteiger partial charge >= 0.3 is 0 Å². The normalized spacial score (nSPS) is 10.6. The van der Waals surface area contributed by atoms with Gasteiger partial charge in [0.05, 0.1) is 11.2 Å². The molecule has 0 amide bonds. The summed E-state index contributed by atoms with van der Waals surface area (Å²) in [5, 5.41) is 13.0. The molecule has 0 aliphatic carbocycles. The van der Waals surface area contributed by atoms with Crippen molar-refractivity contribution in [2.24, 2.45) is 0 Å². The van der Waals surface area contributed by atoms with Gasteiger partial charge in [0.25, 0.3) is 0 Å². The molecule has 0 fully saturated rings. The number of aromatic nitrogens is 3. The number of hydrogen-bond acceptors (Lipinski definition) is 3. The lowest BCUT2D eigenvalue weighted by Gasteiger charge is -2.03. The monoisotopic (exact) mass is 221 g/mol. The molecule has 0 atom stereocenters. The van der Waals surface area contributed by atoms with Gasteiger partial charge in [0.2, 0.25) is 0 Å². The largest absolute Gasteiger partial charge is 0.134 e. The highest BCUT2D eigenvalue weighted by Gasteiger charge is 2.04. The molecule has 3 rings (SSSR count). The minimum Gasteiger partial charge on any atom is -0.134 e. The highest BCUT2D eigenvalue weighted by Crippen LogP contribution is 2.16. The Bertz CT molecular complexity index is 630. The third-order valence-electron chi connectivity index (χ3n) is 2.75. The van der Waals surface area contributed by atoms with Crippen molar-refractivity contribution >= 4 is 10.9 Å². The zero-order chi connectivity index (χ0) is 11.5. The molecular weight excluding hydrogens is 210 g/mol. The summed E-state index contributed by atoms with van der Waals surface area (Å²) >= 11 is 0. The van der Waals surface area contributed by atoms with Gasteiger partial charge in [0.1, 0.15) is 0 Å². The summed E-state index contributed by atoms with van der Waals surface area (Å²) in [4.78, 5) is 0. The highest BCUT2D eigenvalue weighted by atomic mass is 15.3. The first-order chi connectivity index (χ1) is 8.43. The maximum absolute atomic E-state index is 4.14. The number of benzene rings is 2. The van der Waals surface area contributed by atoms with Crippen LogP contribution in [0.15, 0.2) is 54.6 Å². The first kappa shape index (κ1) is 9.90. The lowest BCUT2D eigenvalue weighted by atomic mass is 10.1. The zero-order valence-electron chi connectivity index (χ0n) is 9.24. The van der Waals surface area contributed by atoms with Crippen molar-refractivity contribution in [2.75, 3.05) is 0 Å². The van der Waals surface area contributed by atoms with Crippen molar-refractivity contribution in [2.45, 2.75) is 6.42 Å². The fraction of sp³-hybridized carbons (Fsp3) is 0.0714. The van der Waals surface area contributed by atoms with Crippen LogP contribution in [0.2, 0.25) is 0 Å². The Morgan fingerprint density at radius 1 is 0.765 bits per heavy atom. The van der Waals surface area contributed by atoms with E-state index < -0.39 is 0 Å². The molecule has 3 heteroatoms. The molecule has 0 aliphatic heterocycles. The topological polar surface area (TPSA) is 38.7 Å². The van der Waals surface area contributed by atoms with Crippen LogP contribution in [-0.2, 0) is 6.42 Å². The van der Waals surface area contributed by atoms with E-state index in [0.29, 0.717) is 0 Å². The standard InChI is InChI=1S/C14H11N3/c1-2-6-11(7-3-1)10-14-12-8-4-5-9-13(12)15-17-16-14/h1-9H,10H2. The maximum atomic E-state index is 4.14. The first-order valence-electron chi connectivity index (χ1n) is 5.54. The van der Waals surface area contributed by atoms with Crippen molar-refractivity contribution in [3.8, 4) is 0 Å². The quantitative estimate of drug-likeness (QED) is 0.667. The van der Waals surface area contributed by atoms with E-state index >= 15 is 0 Å². The van der Waals surface area contributed by atoms with Gasteiger partial charge in [0.15, 0.2) is 0 Å². The van der Waals surface area contributed by atoms with E-state index in [9.17, 15) is 0 Å². The zero-order valence-corrected chi connectivity index (χ0v) is 9.24. The van der Waals surface area contributed by atoms with E-state index in [4.69, 9.17) is 0 Å². The van der Waals surface area contributed by atoms with Crippen LogP contribution >= 0.6 is 0 Å². The van der Waals surface area contributed by atoms with Gasteiger partial charge in [-0.2, -0.15) is 0 Å². The van der Waals surface area contributed by atoms with Crippen LogP contribution in [0.3, 0.4) is 0 Å². The predicted octanol–water partition coefficient (Wildman–Crippen LogP) is 2.62. The fourth-order valence-corrected chi connectivity index (χ4v) is 1.90. The third-order valence-corrected chi connectivity index (χ3v) is 2.75. The van der Waals surface area contributed by atoms with E-state index in [1.165, 1.54) is 5.56 Å². The van der Waals surface area contributed by atoms with Crippen molar-refractivity contribution < 1.29 is 0 Å². The molecule has 82 valence electrons. The summed E-state index contributed by atoms with van der Waals surface area (Å²) in [7, 11) is 0. The molecule has 0 saturated carbocycles. The van der Waals surface area contributed by atoms with Crippen molar-refractivity contribution in [1.82, 2.24) is 15.4 Å². The van der Waals surface area contributed by atoms with Crippen LogP contribution in [0.5, 0.6) is 0 Å². The lowest BCUT2D eigenvalue weighted by Crippen LogP contribution is -1.98. The van der Waals surface area contributed by atoms with Gasteiger partial charge < -0.3 is 0 Å². The van der Waals surface area contributed by atoms with E-state index in [0.717, 1.165) is 23.0 Å². The molecule has 0 spiro atoms. The van der Waals surface area contributed by atoms with Gasteiger partial charge in [-0.05, 0) is 16.8 Å². The number of fused-ring (bicyclic) bond motifs is 1. The third kappa shape index (κ3) is 1.99. The Morgan fingerprint density at radius 2 is 1.53 bits per heavy atom. The Kier molecular flexibility index (Phi) is 2.50. The van der Waals surface area contributed by atoms with Gasteiger partial charge in [0, 0.05) is 11.8 Å². The molecule has 1 heterocycles. The maximum Gasteiger partial charge on any atom is 0.0966 e. The molecule has 0 N–H and O–H groups in total. The molecule has 2 aromatic carbocycles. The molecule has 0 unspecified atom stereocenters. The van der Waals surface area contributed by atoms with Crippen LogP contribution in [0.25, 0.3) is 10.9 Å². The second kappa shape index (κ2) is 4.29.